The van der Waals surface area contributed by atoms with E-state index in [0.29, 0.717) is 0 Å². The summed E-state index contributed by atoms with van der Waals surface area (Å²) in [6.45, 7) is 12.3. The van der Waals surface area contributed by atoms with Crippen molar-refractivity contribution < 1.29 is 5.11 Å². The molecule has 0 bridgehead atoms. The Morgan fingerprint density at radius 2 is 2.06 bits per heavy atom. The standard InChI is InChI=1S/C13H29N3O/c1-5-14-12(10-17)6-7-16-9-8-15(4)13(2,3)11-16/h12,14,17H,5-11H2,1-4H3. The first-order valence-corrected chi connectivity index (χ1v) is 6.77. The van der Waals surface area contributed by atoms with Gasteiger partial charge < -0.3 is 15.3 Å². The van der Waals surface area contributed by atoms with Gasteiger partial charge in [-0.2, -0.15) is 0 Å². The molecular weight excluding hydrogens is 214 g/mol. The number of likely N-dealkylation sites (N-methyl/N-ethyl adjacent to an activating group) is 2. The summed E-state index contributed by atoms with van der Waals surface area (Å²) in [5, 5.41) is 12.6. The molecule has 1 heterocycles. The number of hydrogen-bond acceptors (Lipinski definition) is 4. The Balaban J connectivity index is 2.32. The maximum Gasteiger partial charge on any atom is 0.0585 e. The molecule has 2 N–H and O–H groups in total. The summed E-state index contributed by atoms with van der Waals surface area (Å²) in [6.07, 6.45) is 1.03. The summed E-state index contributed by atoms with van der Waals surface area (Å²) in [5.41, 5.74) is 0.269. The van der Waals surface area contributed by atoms with Gasteiger partial charge in [0, 0.05) is 31.2 Å². The summed E-state index contributed by atoms with van der Waals surface area (Å²) < 4.78 is 0. The normalized spacial score (nSPS) is 23.8. The first-order chi connectivity index (χ1) is 7.99. The van der Waals surface area contributed by atoms with Gasteiger partial charge in [0.05, 0.1) is 6.61 Å². The number of nitrogens with one attached hydrogen (secondary N) is 1. The summed E-state index contributed by atoms with van der Waals surface area (Å²) in [7, 11) is 2.20. The molecule has 1 saturated heterocycles. The molecule has 1 rings (SSSR count). The molecular formula is C13H29N3O. The number of aliphatic hydroxyl groups is 1. The van der Waals surface area contributed by atoms with Crippen LogP contribution in [0.1, 0.15) is 27.2 Å². The summed E-state index contributed by atoms with van der Waals surface area (Å²) in [6, 6.07) is 0.253. The van der Waals surface area contributed by atoms with Crippen molar-refractivity contribution in [2.75, 3.05) is 46.4 Å². The van der Waals surface area contributed by atoms with Crippen LogP contribution in [-0.2, 0) is 0 Å². The average molecular weight is 243 g/mol. The Hall–Kier alpha value is -0.160. The highest BCUT2D eigenvalue weighted by atomic mass is 16.3. The predicted octanol–water partition coefficient (Wildman–Crippen LogP) is 0.373. The van der Waals surface area contributed by atoms with Crippen molar-refractivity contribution in [2.24, 2.45) is 0 Å². The van der Waals surface area contributed by atoms with E-state index < -0.39 is 0 Å². The smallest absolute Gasteiger partial charge is 0.0585 e. The zero-order valence-corrected chi connectivity index (χ0v) is 11.9. The minimum atomic E-state index is 0.241. The van der Waals surface area contributed by atoms with Gasteiger partial charge in [0.1, 0.15) is 0 Å². The highest BCUT2D eigenvalue weighted by Gasteiger charge is 2.30. The molecule has 0 aliphatic carbocycles. The molecule has 0 aromatic heterocycles. The summed E-state index contributed by atoms with van der Waals surface area (Å²) in [5.74, 6) is 0. The monoisotopic (exact) mass is 243 g/mol. The summed E-state index contributed by atoms with van der Waals surface area (Å²) >= 11 is 0. The fourth-order valence-electron chi connectivity index (χ4n) is 2.42. The number of hydrogen-bond donors (Lipinski definition) is 2. The Kier molecular flexibility index (Phi) is 5.86. The lowest BCUT2D eigenvalue weighted by atomic mass is 9.99. The quantitative estimate of drug-likeness (QED) is 0.707. The van der Waals surface area contributed by atoms with E-state index in [1.165, 1.54) is 0 Å². The molecule has 1 aliphatic rings. The second kappa shape index (κ2) is 6.69. The van der Waals surface area contributed by atoms with E-state index in [1.54, 1.807) is 0 Å². The van der Waals surface area contributed by atoms with Gasteiger partial charge in [0.2, 0.25) is 0 Å². The van der Waals surface area contributed by atoms with E-state index in [9.17, 15) is 5.11 Å². The van der Waals surface area contributed by atoms with Gasteiger partial charge in [0.15, 0.2) is 0 Å². The second-order valence-electron chi connectivity index (χ2n) is 5.74. The van der Waals surface area contributed by atoms with Crippen LogP contribution in [0.15, 0.2) is 0 Å². The lowest BCUT2D eigenvalue weighted by Gasteiger charge is -2.45. The lowest BCUT2D eigenvalue weighted by molar-refractivity contribution is 0.0371. The fourth-order valence-corrected chi connectivity index (χ4v) is 2.42. The van der Waals surface area contributed by atoms with Crippen LogP contribution >= 0.6 is 0 Å². The van der Waals surface area contributed by atoms with E-state index in [-0.39, 0.29) is 18.2 Å². The highest BCUT2D eigenvalue weighted by molar-refractivity contribution is 4.88. The first-order valence-electron chi connectivity index (χ1n) is 6.77. The van der Waals surface area contributed by atoms with Crippen molar-refractivity contribution in [1.29, 1.82) is 0 Å². The minimum Gasteiger partial charge on any atom is -0.395 e. The maximum atomic E-state index is 9.24. The lowest BCUT2D eigenvalue weighted by Crippen LogP contribution is -2.58. The molecule has 4 heteroatoms. The van der Waals surface area contributed by atoms with Crippen LogP contribution in [0, 0.1) is 0 Å². The molecule has 0 radical (unpaired) electrons. The van der Waals surface area contributed by atoms with Crippen molar-refractivity contribution in [3.63, 3.8) is 0 Å². The van der Waals surface area contributed by atoms with Crippen LogP contribution < -0.4 is 5.32 Å². The number of nitrogens with zero attached hydrogens (tertiary/aromatic N) is 2. The van der Waals surface area contributed by atoms with Crippen molar-refractivity contribution in [1.82, 2.24) is 15.1 Å². The van der Waals surface area contributed by atoms with Gasteiger partial charge in [-0.25, -0.2) is 0 Å². The third kappa shape index (κ3) is 4.54. The topological polar surface area (TPSA) is 38.7 Å². The average Bonchev–Trinajstić information content (AvgIpc) is 2.28. The predicted molar refractivity (Wildman–Crippen MR) is 72.3 cm³/mol. The fraction of sp³-hybridized carbons (Fsp3) is 1.00. The largest absolute Gasteiger partial charge is 0.395 e. The van der Waals surface area contributed by atoms with E-state index in [0.717, 1.165) is 39.1 Å². The van der Waals surface area contributed by atoms with Gasteiger partial charge >= 0.3 is 0 Å². The van der Waals surface area contributed by atoms with E-state index in [4.69, 9.17) is 0 Å². The van der Waals surface area contributed by atoms with Gasteiger partial charge in [-0.1, -0.05) is 6.92 Å². The molecule has 1 unspecified atom stereocenters. The third-order valence-electron chi connectivity index (χ3n) is 3.90. The van der Waals surface area contributed by atoms with Crippen LogP contribution in [0.2, 0.25) is 0 Å². The Labute approximate surface area is 106 Å². The molecule has 0 saturated carbocycles. The Morgan fingerprint density at radius 3 is 2.59 bits per heavy atom. The second-order valence-corrected chi connectivity index (χ2v) is 5.74. The van der Waals surface area contributed by atoms with Crippen molar-refractivity contribution >= 4 is 0 Å². The van der Waals surface area contributed by atoms with Gasteiger partial charge in [-0.05, 0) is 40.4 Å². The Morgan fingerprint density at radius 1 is 1.35 bits per heavy atom. The minimum absolute atomic E-state index is 0.241. The van der Waals surface area contributed by atoms with Crippen molar-refractivity contribution in [3.8, 4) is 0 Å². The van der Waals surface area contributed by atoms with Crippen LogP contribution in [0.25, 0.3) is 0 Å². The van der Waals surface area contributed by atoms with Crippen LogP contribution in [0.4, 0.5) is 0 Å². The molecule has 1 fully saturated rings. The third-order valence-corrected chi connectivity index (χ3v) is 3.90. The van der Waals surface area contributed by atoms with Gasteiger partial charge in [-0.3, -0.25) is 4.90 Å². The van der Waals surface area contributed by atoms with E-state index in [2.05, 4.69) is 42.9 Å². The number of rotatable bonds is 6. The number of aliphatic hydroxyl groups excluding tert-OH is 1. The molecule has 0 spiro atoms. The van der Waals surface area contributed by atoms with Crippen LogP contribution in [0.3, 0.4) is 0 Å². The molecule has 17 heavy (non-hydrogen) atoms. The van der Waals surface area contributed by atoms with E-state index in [1.807, 2.05) is 0 Å². The molecule has 1 atom stereocenters. The number of piperazine rings is 1. The van der Waals surface area contributed by atoms with Crippen molar-refractivity contribution in [3.05, 3.63) is 0 Å². The first kappa shape index (κ1) is 14.9. The molecule has 0 amide bonds. The zero-order valence-electron chi connectivity index (χ0n) is 11.9. The van der Waals surface area contributed by atoms with Gasteiger partial charge in [0.25, 0.3) is 0 Å². The maximum absolute atomic E-state index is 9.24. The van der Waals surface area contributed by atoms with Crippen LogP contribution in [-0.4, -0.2) is 72.9 Å². The molecule has 1 aliphatic heterocycles. The van der Waals surface area contributed by atoms with E-state index >= 15 is 0 Å². The molecule has 0 aromatic rings. The zero-order chi connectivity index (χ0) is 12.9. The molecule has 4 nitrogen and oxygen atoms in total. The van der Waals surface area contributed by atoms with Crippen LogP contribution in [0.5, 0.6) is 0 Å². The molecule has 102 valence electrons. The van der Waals surface area contributed by atoms with Gasteiger partial charge in [-0.15, -0.1) is 0 Å². The summed E-state index contributed by atoms with van der Waals surface area (Å²) in [4.78, 5) is 4.94. The highest BCUT2D eigenvalue weighted by Crippen LogP contribution is 2.18. The molecule has 0 aromatic carbocycles. The Bertz CT molecular complexity index is 221. The SMILES string of the molecule is CCNC(CO)CCN1CCN(C)C(C)(C)C1. The van der Waals surface area contributed by atoms with Crippen molar-refractivity contribution in [2.45, 2.75) is 38.8 Å².